The molecule has 0 aromatic heterocycles. The van der Waals surface area contributed by atoms with Crippen LogP contribution in [0.2, 0.25) is 0 Å². The second-order valence-electron chi connectivity index (χ2n) is 5.80. The van der Waals surface area contributed by atoms with Gasteiger partial charge >= 0.3 is 6.36 Å². The molecule has 0 fully saturated rings. The lowest BCUT2D eigenvalue weighted by molar-refractivity contribution is -0.384. The summed E-state index contributed by atoms with van der Waals surface area (Å²) < 4.78 is 40.2. The van der Waals surface area contributed by atoms with Crippen LogP contribution in [0.5, 0.6) is 5.75 Å². The molecule has 2 rings (SSSR count). The van der Waals surface area contributed by atoms with Crippen molar-refractivity contribution in [3.8, 4) is 5.75 Å². The number of nitrogens with zero attached hydrogens (tertiary/aromatic N) is 2. The molecular formula is C17H15F3N4O5. The van der Waals surface area contributed by atoms with E-state index >= 15 is 0 Å². The Labute approximate surface area is 162 Å². The Morgan fingerprint density at radius 2 is 1.83 bits per heavy atom. The molecule has 0 heterocycles. The fourth-order valence-electron chi connectivity index (χ4n) is 2.39. The fraction of sp³-hybridized carbons (Fsp3) is 0.176. The highest BCUT2D eigenvalue weighted by Crippen LogP contribution is 2.28. The third-order valence-electron chi connectivity index (χ3n) is 3.62. The Balaban J connectivity index is 2.07. The third kappa shape index (κ3) is 6.09. The Hall–Kier alpha value is -3.83. The summed E-state index contributed by atoms with van der Waals surface area (Å²) in [7, 11) is 1.42. The average Bonchev–Trinajstić information content (AvgIpc) is 2.61. The van der Waals surface area contributed by atoms with Crippen LogP contribution in [0.1, 0.15) is 10.4 Å². The predicted molar refractivity (Wildman–Crippen MR) is 96.6 cm³/mol. The zero-order valence-electron chi connectivity index (χ0n) is 14.9. The number of hydrogen-bond acceptors (Lipinski definition) is 6. The van der Waals surface area contributed by atoms with Gasteiger partial charge in [-0.05, 0) is 36.4 Å². The number of nitrogens with one attached hydrogen (secondary N) is 1. The van der Waals surface area contributed by atoms with Crippen molar-refractivity contribution in [1.82, 2.24) is 0 Å². The van der Waals surface area contributed by atoms with Crippen LogP contribution in [-0.2, 0) is 4.79 Å². The Bertz CT molecular complexity index is 932. The average molecular weight is 412 g/mol. The molecule has 0 saturated heterocycles. The van der Waals surface area contributed by atoms with Crippen molar-refractivity contribution in [2.45, 2.75) is 6.36 Å². The van der Waals surface area contributed by atoms with Crippen LogP contribution in [0.25, 0.3) is 0 Å². The number of primary amides is 1. The summed E-state index contributed by atoms with van der Waals surface area (Å²) in [5.74, 6) is -1.86. The minimum atomic E-state index is -4.83. The minimum absolute atomic E-state index is 0.0560. The number of nitrogens with two attached hydrogens (primary N) is 1. The van der Waals surface area contributed by atoms with Gasteiger partial charge in [-0.1, -0.05) is 0 Å². The molecular weight excluding hydrogens is 397 g/mol. The number of carbonyl (C=O) groups excluding carboxylic acids is 2. The molecule has 12 heteroatoms. The van der Waals surface area contributed by atoms with E-state index in [0.717, 1.165) is 18.2 Å². The van der Waals surface area contributed by atoms with Gasteiger partial charge in [-0.15, -0.1) is 13.2 Å². The van der Waals surface area contributed by atoms with E-state index in [1.807, 2.05) is 0 Å². The van der Waals surface area contributed by atoms with Crippen LogP contribution >= 0.6 is 0 Å². The van der Waals surface area contributed by atoms with Crippen molar-refractivity contribution < 1.29 is 32.4 Å². The number of alkyl halides is 3. The van der Waals surface area contributed by atoms with Crippen molar-refractivity contribution in [3.05, 3.63) is 58.1 Å². The first-order chi connectivity index (χ1) is 13.5. The quantitative estimate of drug-likeness (QED) is 0.532. The Morgan fingerprint density at radius 3 is 2.34 bits per heavy atom. The summed E-state index contributed by atoms with van der Waals surface area (Å²) in [5.41, 5.74) is 4.92. The van der Waals surface area contributed by atoms with E-state index in [-0.39, 0.29) is 23.5 Å². The highest BCUT2D eigenvalue weighted by Gasteiger charge is 2.31. The summed E-state index contributed by atoms with van der Waals surface area (Å²) in [6.45, 7) is -0.308. The number of carbonyl (C=O) groups is 2. The molecule has 9 nitrogen and oxygen atoms in total. The van der Waals surface area contributed by atoms with Crippen LogP contribution < -0.4 is 20.7 Å². The van der Waals surface area contributed by atoms with Gasteiger partial charge in [0.15, 0.2) is 0 Å². The maximum absolute atomic E-state index is 12.2. The Kier molecular flexibility index (Phi) is 6.26. The summed E-state index contributed by atoms with van der Waals surface area (Å²) in [6, 6.07) is 8.06. The smallest absolute Gasteiger partial charge is 0.406 e. The molecule has 154 valence electrons. The SMILES string of the molecule is CN(CC(=O)Nc1ccc(OC(F)(F)F)cc1)c1ccc(C(N)=O)cc1[N+](=O)[O-]. The van der Waals surface area contributed by atoms with E-state index in [9.17, 15) is 32.9 Å². The van der Waals surface area contributed by atoms with E-state index < -0.39 is 34.5 Å². The van der Waals surface area contributed by atoms with E-state index in [2.05, 4.69) is 10.1 Å². The van der Waals surface area contributed by atoms with Gasteiger partial charge in [-0.2, -0.15) is 0 Å². The molecule has 0 atom stereocenters. The summed E-state index contributed by atoms with van der Waals surface area (Å²) in [6.07, 6.45) is -4.83. The van der Waals surface area contributed by atoms with Crippen LogP contribution in [0.3, 0.4) is 0 Å². The maximum atomic E-state index is 12.2. The number of rotatable bonds is 7. The molecule has 29 heavy (non-hydrogen) atoms. The molecule has 0 radical (unpaired) electrons. The lowest BCUT2D eigenvalue weighted by Crippen LogP contribution is -2.30. The standard InChI is InChI=1S/C17H15F3N4O5/c1-23(13-7-2-10(16(21)26)8-14(13)24(27)28)9-15(25)22-11-3-5-12(6-4-11)29-17(18,19)20/h2-8H,9H2,1H3,(H2,21,26)(H,22,25). The summed E-state index contributed by atoms with van der Waals surface area (Å²) in [4.78, 5) is 35.2. The van der Waals surface area contributed by atoms with Gasteiger partial charge in [0.25, 0.3) is 5.69 Å². The second-order valence-corrected chi connectivity index (χ2v) is 5.80. The maximum Gasteiger partial charge on any atom is 0.573 e. The minimum Gasteiger partial charge on any atom is -0.406 e. The van der Waals surface area contributed by atoms with Gasteiger partial charge in [-0.25, -0.2) is 0 Å². The zero-order valence-corrected chi connectivity index (χ0v) is 14.9. The molecule has 0 bridgehead atoms. The monoisotopic (exact) mass is 412 g/mol. The highest BCUT2D eigenvalue weighted by atomic mass is 19.4. The molecule has 0 aliphatic carbocycles. The number of hydrogen-bond donors (Lipinski definition) is 2. The molecule has 2 aromatic carbocycles. The number of amides is 2. The van der Waals surface area contributed by atoms with E-state index in [0.29, 0.717) is 0 Å². The van der Waals surface area contributed by atoms with Crippen LogP contribution in [-0.4, -0.2) is 36.7 Å². The first kappa shape index (κ1) is 21.5. The first-order valence-corrected chi connectivity index (χ1v) is 7.91. The van der Waals surface area contributed by atoms with E-state index in [4.69, 9.17) is 5.73 Å². The lowest BCUT2D eigenvalue weighted by atomic mass is 10.1. The van der Waals surface area contributed by atoms with Gasteiger partial charge < -0.3 is 20.7 Å². The first-order valence-electron chi connectivity index (χ1n) is 7.91. The molecule has 0 aliphatic heterocycles. The van der Waals surface area contributed by atoms with Crippen molar-refractivity contribution in [2.24, 2.45) is 5.73 Å². The summed E-state index contributed by atoms with van der Waals surface area (Å²) >= 11 is 0. The number of anilines is 2. The number of halogens is 3. The fourth-order valence-corrected chi connectivity index (χ4v) is 2.39. The van der Waals surface area contributed by atoms with Crippen molar-refractivity contribution >= 4 is 28.9 Å². The van der Waals surface area contributed by atoms with E-state index in [1.54, 1.807) is 0 Å². The third-order valence-corrected chi connectivity index (χ3v) is 3.62. The second kappa shape index (κ2) is 8.46. The topological polar surface area (TPSA) is 128 Å². The molecule has 2 amide bonds. The highest BCUT2D eigenvalue weighted by molar-refractivity contribution is 5.96. The van der Waals surface area contributed by atoms with Gasteiger partial charge in [0, 0.05) is 24.4 Å². The predicted octanol–water partition coefficient (Wildman–Crippen LogP) is 2.67. The largest absolute Gasteiger partial charge is 0.573 e. The molecule has 0 saturated carbocycles. The van der Waals surface area contributed by atoms with Crippen molar-refractivity contribution in [3.63, 3.8) is 0 Å². The zero-order chi connectivity index (χ0) is 21.8. The number of nitro benzene ring substituents is 1. The molecule has 3 N–H and O–H groups in total. The molecule has 0 aliphatic rings. The number of nitro groups is 1. The number of benzene rings is 2. The van der Waals surface area contributed by atoms with Gasteiger partial charge in [-0.3, -0.25) is 19.7 Å². The van der Waals surface area contributed by atoms with Crippen LogP contribution in [0.15, 0.2) is 42.5 Å². The number of ether oxygens (including phenoxy) is 1. The van der Waals surface area contributed by atoms with Crippen LogP contribution in [0, 0.1) is 10.1 Å². The molecule has 0 spiro atoms. The normalized spacial score (nSPS) is 10.9. The number of likely N-dealkylation sites (N-methyl/N-ethyl adjacent to an activating group) is 1. The van der Waals surface area contributed by atoms with Crippen molar-refractivity contribution in [1.29, 1.82) is 0 Å². The molecule has 2 aromatic rings. The summed E-state index contributed by atoms with van der Waals surface area (Å²) in [5, 5.41) is 13.7. The Morgan fingerprint density at radius 1 is 1.21 bits per heavy atom. The van der Waals surface area contributed by atoms with Crippen molar-refractivity contribution in [2.75, 3.05) is 23.8 Å². The van der Waals surface area contributed by atoms with Gasteiger partial charge in [0.2, 0.25) is 11.8 Å². The molecule has 0 unspecified atom stereocenters. The lowest BCUT2D eigenvalue weighted by Gasteiger charge is -2.19. The van der Waals surface area contributed by atoms with E-state index in [1.165, 1.54) is 36.2 Å². The van der Waals surface area contributed by atoms with Crippen LogP contribution in [0.4, 0.5) is 30.2 Å². The van der Waals surface area contributed by atoms with Gasteiger partial charge in [0.05, 0.1) is 11.5 Å². The van der Waals surface area contributed by atoms with Gasteiger partial charge in [0.1, 0.15) is 11.4 Å².